The summed E-state index contributed by atoms with van der Waals surface area (Å²) in [5.74, 6) is -0.924. The van der Waals surface area contributed by atoms with E-state index in [9.17, 15) is 4.79 Å². The van der Waals surface area contributed by atoms with Gasteiger partial charge in [0.1, 0.15) is 0 Å². The van der Waals surface area contributed by atoms with Crippen LogP contribution in [0.1, 0.15) is 27.9 Å². The molecule has 0 radical (unpaired) electrons. The largest absolute Gasteiger partial charge is 0.478 e. The number of rotatable bonds is 3. The minimum Gasteiger partial charge on any atom is -0.478 e. The highest BCUT2D eigenvalue weighted by molar-refractivity contribution is 6.04. The zero-order valence-corrected chi connectivity index (χ0v) is 10.8. The van der Waals surface area contributed by atoms with Crippen LogP contribution in [0.25, 0.3) is 0 Å². The molecule has 0 aromatic heterocycles. The molecule has 4 heteroatoms. The standard InChI is InChI=1S/C16H14N2O2/c19-16(20)12-5-8-13(9-6-12)17-18-15-10-7-11-3-1-2-4-14(11)15/h1-6,8-9,17H,7,10H2,(H,19,20)/b18-15+. The second-order valence-electron chi connectivity index (χ2n) is 4.71. The second kappa shape index (κ2) is 5.17. The van der Waals surface area contributed by atoms with Crippen molar-refractivity contribution in [1.82, 2.24) is 0 Å². The molecule has 2 aromatic rings. The maximum Gasteiger partial charge on any atom is 0.335 e. The van der Waals surface area contributed by atoms with Crippen LogP contribution >= 0.6 is 0 Å². The SMILES string of the molecule is O=C(O)c1ccc(N/N=C2\CCc3ccccc32)cc1. The Kier molecular flexibility index (Phi) is 3.21. The number of hydrogen-bond acceptors (Lipinski definition) is 3. The highest BCUT2D eigenvalue weighted by atomic mass is 16.4. The molecule has 1 aliphatic carbocycles. The Balaban J connectivity index is 1.76. The van der Waals surface area contributed by atoms with Gasteiger partial charge in [0.2, 0.25) is 0 Å². The molecule has 3 rings (SSSR count). The third-order valence-corrected chi connectivity index (χ3v) is 3.41. The summed E-state index contributed by atoms with van der Waals surface area (Å²) < 4.78 is 0. The molecule has 0 atom stereocenters. The first kappa shape index (κ1) is 12.4. The van der Waals surface area contributed by atoms with Crippen molar-refractivity contribution in [3.63, 3.8) is 0 Å². The maximum atomic E-state index is 10.8. The number of aromatic carboxylic acids is 1. The van der Waals surface area contributed by atoms with Gasteiger partial charge in [-0.3, -0.25) is 5.43 Å². The molecule has 0 saturated carbocycles. The minimum atomic E-state index is -0.924. The third kappa shape index (κ3) is 2.40. The number of anilines is 1. The van der Waals surface area contributed by atoms with Crippen LogP contribution in [0.15, 0.2) is 53.6 Å². The monoisotopic (exact) mass is 266 g/mol. The lowest BCUT2D eigenvalue weighted by Crippen LogP contribution is -2.00. The second-order valence-corrected chi connectivity index (χ2v) is 4.71. The Hall–Kier alpha value is -2.62. The smallest absolute Gasteiger partial charge is 0.335 e. The Morgan fingerprint density at radius 1 is 1.05 bits per heavy atom. The number of benzene rings is 2. The molecule has 100 valence electrons. The molecule has 2 N–H and O–H groups in total. The zero-order chi connectivity index (χ0) is 13.9. The molecule has 0 aliphatic heterocycles. The van der Waals surface area contributed by atoms with Gasteiger partial charge in [0.05, 0.1) is 17.0 Å². The lowest BCUT2D eigenvalue weighted by molar-refractivity contribution is 0.0697. The molecule has 0 heterocycles. The van der Waals surface area contributed by atoms with Gasteiger partial charge < -0.3 is 5.11 Å². The van der Waals surface area contributed by atoms with Gasteiger partial charge in [-0.2, -0.15) is 5.10 Å². The fourth-order valence-electron chi connectivity index (χ4n) is 2.34. The van der Waals surface area contributed by atoms with E-state index in [0.717, 1.165) is 24.2 Å². The van der Waals surface area contributed by atoms with Gasteiger partial charge in [0.15, 0.2) is 0 Å². The zero-order valence-electron chi connectivity index (χ0n) is 10.8. The quantitative estimate of drug-likeness (QED) is 0.839. The first-order valence-corrected chi connectivity index (χ1v) is 6.48. The summed E-state index contributed by atoms with van der Waals surface area (Å²) in [6, 6.07) is 14.8. The van der Waals surface area contributed by atoms with Crippen molar-refractivity contribution >= 4 is 17.4 Å². The molecule has 0 fully saturated rings. The maximum absolute atomic E-state index is 10.8. The van der Waals surface area contributed by atoms with E-state index in [1.54, 1.807) is 24.3 Å². The lowest BCUT2D eigenvalue weighted by Gasteiger charge is -2.03. The van der Waals surface area contributed by atoms with Crippen LogP contribution < -0.4 is 5.43 Å². The van der Waals surface area contributed by atoms with Gasteiger partial charge in [0, 0.05) is 5.56 Å². The molecular weight excluding hydrogens is 252 g/mol. The number of carbonyl (C=O) groups is 1. The van der Waals surface area contributed by atoms with Crippen LogP contribution in [0.5, 0.6) is 0 Å². The minimum absolute atomic E-state index is 0.273. The molecule has 0 amide bonds. The number of hydrogen-bond donors (Lipinski definition) is 2. The molecular formula is C16H14N2O2. The molecule has 0 bridgehead atoms. The van der Waals surface area contributed by atoms with Crippen LogP contribution in [-0.4, -0.2) is 16.8 Å². The van der Waals surface area contributed by atoms with Crippen molar-refractivity contribution < 1.29 is 9.90 Å². The van der Waals surface area contributed by atoms with Gasteiger partial charge in [-0.15, -0.1) is 0 Å². The van der Waals surface area contributed by atoms with Crippen molar-refractivity contribution in [2.24, 2.45) is 5.10 Å². The summed E-state index contributed by atoms with van der Waals surface area (Å²) in [6.45, 7) is 0. The molecule has 1 aliphatic rings. The average molecular weight is 266 g/mol. The van der Waals surface area contributed by atoms with Crippen molar-refractivity contribution in [2.75, 3.05) is 5.43 Å². The van der Waals surface area contributed by atoms with E-state index < -0.39 is 5.97 Å². The first-order valence-electron chi connectivity index (χ1n) is 6.48. The van der Waals surface area contributed by atoms with Crippen LogP contribution in [0.3, 0.4) is 0 Å². The fourth-order valence-corrected chi connectivity index (χ4v) is 2.34. The van der Waals surface area contributed by atoms with Crippen LogP contribution in [0.2, 0.25) is 0 Å². The predicted octanol–water partition coefficient (Wildman–Crippen LogP) is 3.15. The number of aryl methyl sites for hydroxylation is 1. The van der Waals surface area contributed by atoms with Crippen LogP contribution in [-0.2, 0) is 6.42 Å². The number of nitrogens with zero attached hydrogens (tertiary/aromatic N) is 1. The Bertz CT molecular complexity index is 675. The highest BCUT2D eigenvalue weighted by Gasteiger charge is 2.16. The summed E-state index contributed by atoms with van der Waals surface area (Å²) >= 11 is 0. The van der Waals surface area contributed by atoms with E-state index >= 15 is 0 Å². The molecule has 20 heavy (non-hydrogen) atoms. The molecule has 4 nitrogen and oxygen atoms in total. The van der Waals surface area contributed by atoms with Crippen LogP contribution in [0.4, 0.5) is 5.69 Å². The van der Waals surface area contributed by atoms with Crippen molar-refractivity contribution in [3.8, 4) is 0 Å². The van der Waals surface area contributed by atoms with E-state index in [1.807, 2.05) is 12.1 Å². The van der Waals surface area contributed by atoms with Crippen molar-refractivity contribution in [2.45, 2.75) is 12.8 Å². The van der Waals surface area contributed by atoms with E-state index in [4.69, 9.17) is 5.11 Å². The summed E-state index contributed by atoms with van der Waals surface area (Å²) in [4.78, 5) is 10.8. The summed E-state index contributed by atoms with van der Waals surface area (Å²) in [6.07, 6.45) is 1.95. The fraction of sp³-hybridized carbons (Fsp3) is 0.125. The third-order valence-electron chi connectivity index (χ3n) is 3.41. The first-order chi connectivity index (χ1) is 9.74. The van der Waals surface area contributed by atoms with E-state index in [2.05, 4.69) is 22.7 Å². The number of fused-ring (bicyclic) bond motifs is 1. The lowest BCUT2D eigenvalue weighted by atomic mass is 10.1. The molecule has 0 spiro atoms. The van der Waals surface area contributed by atoms with Gasteiger partial charge in [0.25, 0.3) is 0 Å². The van der Waals surface area contributed by atoms with Gasteiger partial charge in [-0.05, 0) is 42.7 Å². The van der Waals surface area contributed by atoms with E-state index in [0.29, 0.717) is 0 Å². The number of nitrogens with one attached hydrogen (secondary N) is 1. The Morgan fingerprint density at radius 2 is 1.80 bits per heavy atom. The summed E-state index contributed by atoms with van der Waals surface area (Å²) in [5.41, 5.74) is 7.61. The number of carboxylic acids is 1. The summed E-state index contributed by atoms with van der Waals surface area (Å²) in [5, 5.41) is 13.3. The van der Waals surface area contributed by atoms with Gasteiger partial charge >= 0.3 is 5.97 Å². The Morgan fingerprint density at radius 3 is 2.55 bits per heavy atom. The average Bonchev–Trinajstić information content (AvgIpc) is 2.89. The molecule has 0 saturated heterocycles. The van der Waals surface area contributed by atoms with E-state index in [1.165, 1.54) is 11.1 Å². The van der Waals surface area contributed by atoms with Gasteiger partial charge in [-0.25, -0.2) is 4.79 Å². The highest BCUT2D eigenvalue weighted by Crippen LogP contribution is 2.22. The number of hydrazone groups is 1. The Labute approximate surface area is 116 Å². The van der Waals surface area contributed by atoms with E-state index in [-0.39, 0.29) is 5.56 Å². The topological polar surface area (TPSA) is 61.7 Å². The van der Waals surface area contributed by atoms with Crippen LogP contribution in [0, 0.1) is 0 Å². The molecule has 2 aromatic carbocycles. The summed E-state index contributed by atoms with van der Waals surface area (Å²) in [7, 11) is 0. The van der Waals surface area contributed by atoms with Crippen molar-refractivity contribution in [3.05, 3.63) is 65.2 Å². The number of carboxylic acid groups (broad SMARTS) is 1. The normalized spacial score (nSPS) is 15.1. The molecule has 0 unspecified atom stereocenters. The predicted molar refractivity (Wildman–Crippen MR) is 78.3 cm³/mol. The van der Waals surface area contributed by atoms with Crippen molar-refractivity contribution in [1.29, 1.82) is 0 Å². The van der Waals surface area contributed by atoms with Gasteiger partial charge in [-0.1, -0.05) is 24.3 Å².